The Morgan fingerprint density at radius 1 is 0.960 bits per heavy atom. The summed E-state index contributed by atoms with van der Waals surface area (Å²) in [5.74, 6) is 0.577. The zero-order chi connectivity index (χ0) is 17.8. The lowest BCUT2D eigenvalue weighted by atomic mass is 9.98. The number of anilines is 1. The number of benzene rings is 2. The van der Waals surface area contributed by atoms with Crippen LogP contribution in [0.1, 0.15) is 40.5 Å². The number of hydrogen-bond donors (Lipinski definition) is 0. The fourth-order valence-electron chi connectivity index (χ4n) is 3.14. The van der Waals surface area contributed by atoms with E-state index in [0.29, 0.717) is 17.0 Å². The van der Waals surface area contributed by atoms with E-state index in [1.54, 1.807) is 36.2 Å². The third-order valence-corrected chi connectivity index (χ3v) is 4.88. The monoisotopic (exact) mass is 336 g/mol. The first-order valence-electron chi connectivity index (χ1n) is 8.78. The molecule has 130 valence electrons. The van der Waals surface area contributed by atoms with Crippen LogP contribution >= 0.6 is 0 Å². The number of rotatable bonds is 3. The Hall–Kier alpha value is -2.62. The Morgan fingerprint density at radius 3 is 2.28 bits per heavy atom. The molecule has 2 amide bonds. The molecule has 0 atom stereocenters. The molecule has 2 aromatic rings. The van der Waals surface area contributed by atoms with Gasteiger partial charge in [0, 0.05) is 37.0 Å². The standard InChI is InChI=1S/C21H24N2O2/c1-16-11-13-23(14-12-16)21(25)18-8-6-7-17(15-18)20(24)22(2)19-9-4-3-5-10-19/h3-10,15-16H,11-14H2,1-2H3. The normalized spacial score (nSPS) is 15.0. The smallest absolute Gasteiger partial charge is 0.258 e. The molecule has 0 N–H and O–H groups in total. The zero-order valence-electron chi connectivity index (χ0n) is 14.8. The predicted octanol–water partition coefficient (Wildman–Crippen LogP) is 3.84. The highest BCUT2D eigenvalue weighted by atomic mass is 16.2. The van der Waals surface area contributed by atoms with Gasteiger partial charge < -0.3 is 9.80 Å². The molecule has 1 saturated heterocycles. The highest BCUT2D eigenvalue weighted by molar-refractivity contribution is 6.07. The molecule has 2 aromatic carbocycles. The van der Waals surface area contributed by atoms with Gasteiger partial charge in [0.15, 0.2) is 0 Å². The van der Waals surface area contributed by atoms with Crippen LogP contribution in [0.4, 0.5) is 5.69 Å². The number of amides is 2. The molecular formula is C21H24N2O2. The van der Waals surface area contributed by atoms with Gasteiger partial charge in [-0.25, -0.2) is 0 Å². The Kier molecular flexibility index (Phi) is 5.17. The summed E-state index contributed by atoms with van der Waals surface area (Å²) in [4.78, 5) is 29.0. The van der Waals surface area contributed by atoms with Gasteiger partial charge in [-0.05, 0) is 49.1 Å². The molecule has 1 heterocycles. The minimum absolute atomic E-state index is 0.0175. The molecule has 1 fully saturated rings. The number of nitrogens with zero attached hydrogens (tertiary/aromatic N) is 2. The summed E-state index contributed by atoms with van der Waals surface area (Å²) >= 11 is 0. The van der Waals surface area contributed by atoms with Gasteiger partial charge in [-0.2, -0.15) is 0 Å². The van der Waals surface area contributed by atoms with Gasteiger partial charge in [-0.1, -0.05) is 31.2 Å². The lowest BCUT2D eigenvalue weighted by Crippen LogP contribution is -2.38. The molecule has 0 aliphatic carbocycles. The molecule has 0 spiro atoms. The lowest BCUT2D eigenvalue weighted by molar-refractivity contribution is 0.0697. The Morgan fingerprint density at radius 2 is 1.60 bits per heavy atom. The number of piperidine rings is 1. The molecule has 0 saturated carbocycles. The van der Waals surface area contributed by atoms with Crippen molar-refractivity contribution in [3.63, 3.8) is 0 Å². The summed E-state index contributed by atoms with van der Waals surface area (Å²) in [5, 5.41) is 0. The lowest BCUT2D eigenvalue weighted by Gasteiger charge is -2.30. The van der Waals surface area contributed by atoms with Crippen molar-refractivity contribution in [3.05, 3.63) is 65.7 Å². The van der Waals surface area contributed by atoms with E-state index in [9.17, 15) is 9.59 Å². The van der Waals surface area contributed by atoms with E-state index in [4.69, 9.17) is 0 Å². The average Bonchev–Trinajstić information content (AvgIpc) is 2.67. The molecule has 0 radical (unpaired) electrons. The topological polar surface area (TPSA) is 40.6 Å². The van der Waals surface area contributed by atoms with E-state index in [1.165, 1.54) is 0 Å². The SMILES string of the molecule is CC1CCN(C(=O)c2cccc(C(=O)N(C)c3ccccc3)c2)CC1. The quantitative estimate of drug-likeness (QED) is 0.854. The maximum atomic E-state index is 12.7. The summed E-state index contributed by atoms with van der Waals surface area (Å²) in [6.07, 6.45) is 2.09. The van der Waals surface area contributed by atoms with Crippen molar-refractivity contribution in [2.24, 2.45) is 5.92 Å². The molecule has 0 unspecified atom stereocenters. The van der Waals surface area contributed by atoms with Crippen molar-refractivity contribution in [2.75, 3.05) is 25.0 Å². The molecule has 1 aliphatic rings. The van der Waals surface area contributed by atoms with Crippen molar-refractivity contribution in [3.8, 4) is 0 Å². The van der Waals surface area contributed by atoms with Gasteiger partial charge >= 0.3 is 0 Å². The second-order valence-electron chi connectivity index (χ2n) is 6.76. The Labute approximate surface area is 149 Å². The second kappa shape index (κ2) is 7.51. The summed E-state index contributed by atoms with van der Waals surface area (Å²) in [7, 11) is 1.75. The Balaban J connectivity index is 1.77. The summed E-state index contributed by atoms with van der Waals surface area (Å²) < 4.78 is 0. The van der Waals surface area contributed by atoms with E-state index >= 15 is 0 Å². The summed E-state index contributed by atoms with van der Waals surface area (Å²) in [6, 6.07) is 16.5. The van der Waals surface area contributed by atoms with Crippen LogP contribution in [0.15, 0.2) is 54.6 Å². The number of carbonyl (C=O) groups excluding carboxylic acids is 2. The maximum Gasteiger partial charge on any atom is 0.258 e. The van der Waals surface area contributed by atoms with E-state index in [0.717, 1.165) is 31.6 Å². The largest absolute Gasteiger partial charge is 0.339 e. The number of likely N-dealkylation sites (tertiary alicyclic amines) is 1. The van der Waals surface area contributed by atoms with E-state index < -0.39 is 0 Å². The zero-order valence-corrected chi connectivity index (χ0v) is 14.8. The molecule has 1 aliphatic heterocycles. The molecule has 0 aromatic heterocycles. The van der Waals surface area contributed by atoms with Crippen LogP contribution in [-0.2, 0) is 0 Å². The van der Waals surface area contributed by atoms with E-state index in [2.05, 4.69) is 6.92 Å². The Bertz CT molecular complexity index is 750. The highest BCUT2D eigenvalue weighted by Gasteiger charge is 2.22. The van der Waals surface area contributed by atoms with Gasteiger partial charge in [0.25, 0.3) is 11.8 Å². The van der Waals surface area contributed by atoms with Crippen molar-refractivity contribution in [2.45, 2.75) is 19.8 Å². The number of para-hydroxylation sites is 1. The predicted molar refractivity (Wildman–Crippen MR) is 99.9 cm³/mol. The van der Waals surface area contributed by atoms with Gasteiger partial charge in [-0.3, -0.25) is 9.59 Å². The molecule has 25 heavy (non-hydrogen) atoms. The van der Waals surface area contributed by atoms with Crippen molar-refractivity contribution in [1.29, 1.82) is 0 Å². The maximum absolute atomic E-state index is 12.7. The van der Waals surface area contributed by atoms with Gasteiger partial charge in [0.05, 0.1) is 0 Å². The first-order valence-corrected chi connectivity index (χ1v) is 8.78. The molecule has 3 rings (SSSR count). The van der Waals surface area contributed by atoms with Crippen LogP contribution in [0, 0.1) is 5.92 Å². The minimum atomic E-state index is -0.117. The highest BCUT2D eigenvalue weighted by Crippen LogP contribution is 2.20. The van der Waals surface area contributed by atoms with Crippen molar-refractivity contribution < 1.29 is 9.59 Å². The molecule has 4 heteroatoms. The number of hydrogen-bond acceptors (Lipinski definition) is 2. The molecule has 0 bridgehead atoms. The first kappa shape index (κ1) is 17.2. The van der Waals surface area contributed by atoms with Crippen LogP contribution in [0.2, 0.25) is 0 Å². The molecule has 4 nitrogen and oxygen atoms in total. The van der Waals surface area contributed by atoms with Gasteiger partial charge in [-0.15, -0.1) is 0 Å². The number of carbonyl (C=O) groups is 2. The second-order valence-corrected chi connectivity index (χ2v) is 6.76. The van der Waals surface area contributed by atoms with E-state index in [-0.39, 0.29) is 11.8 Å². The van der Waals surface area contributed by atoms with Crippen LogP contribution in [0.25, 0.3) is 0 Å². The van der Waals surface area contributed by atoms with Crippen molar-refractivity contribution in [1.82, 2.24) is 4.90 Å². The van der Waals surface area contributed by atoms with Gasteiger partial charge in [0.1, 0.15) is 0 Å². The minimum Gasteiger partial charge on any atom is -0.339 e. The fraction of sp³-hybridized carbons (Fsp3) is 0.333. The van der Waals surface area contributed by atoms with Crippen LogP contribution in [0.3, 0.4) is 0 Å². The average molecular weight is 336 g/mol. The molecular weight excluding hydrogens is 312 g/mol. The third-order valence-electron chi connectivity index (χ3n) is 4.88. The van der Waals surface area contributed by atoms with Crippen LogP contribution < -0.4 is 4.90 Å². The fourth-order valence-corrected chi connectivity index (χ4v) is 3.14. The van der Waals surface area contributed by atoms with Crippen molar-refractivity contribution >= 4 is 17.5 Å². The summed E-state index contributed by atoms with van der Waals surface area (Å²) in [5.41, 5.74) is 1.94. The van der Waals surface area contributed by atoms with Crippen LogP contribution in [-0.4, -0.2) is 36.9 Å². The summed E-state index contributed by atoms with van der Waals surface area (Å²) in [6.45, 7) is 3.81. The van der Waals surface area contributed by atoms with Gasteiger partial charge in [0.2, 0.25) is 0 Å². The van der Waals surface area contributed by atoms with E-state index in [1.807, 2.05) is 35.2 Å². The third kappa shape index (κ3) is 3.90. The first-order chi connectivity index (χ1) is 12.1. The van der Waals surface area contributed by atoms with Crippen LogP contribution in [0.5, 0.6) is 0 Å².